The van der Waals surface area contributed by atoms with Gasteiger partial charge in [-0.1, -0.05) is 0 Å². The van der Waals surface area contributed by atoms with Gasteiger partial charge in [-0.15, -0.1) is 0 Å². The number of hydrogen-bond donors (Lipinski definition) is 1. The second kappa shape index (κ2) is 6.09. The first kappa shape index (κ1) is 14.6. The molecule has 1 amide bonds. The van der Waals surface area contributed by atoms with Crippen LogP contribution in [0.2, 0.25) is 0 Å². The molecule has 2 aliphatic heterocycles. The molecule has 1 N–H and O–H groups in total. The number of hydrogen-bond acceptors (Lipinski definition) is 4. The predicted octanol–water partition coefficient (Wildman–Crippen LogP) is 1.62. The van der Waals surface area contributed by atoms with Crippen LogP contribution in [0.5, 0.6) is 0 Å². The monoisotopic (exact) mass is 270 g/mol. The van der Waals surface area contributed by atoms with E-state index < -0.39 is 5.60 Å². The first-order valence-electron chi connectivity index (χ1n) is 7.24. The second-order valence-corrected chi connectivity index (χ2v) is 6.54. The lowest BCUT2D eigenvalue weighted by Gasteiger charge is -2.40. The molecule has 110 valence electrons. The highest BCUT2D eigenvalue weighted by Gasteiger charge is 2.34. The normalized spacial score (nSPS) is 24.7. The largest absolute Gasteiger partial charge is 0.444 e. The van der Waals surface area contributed by atoms with Gasteiger partial charge >= 0.3 is 6.09 Å². The summed E-state index contributed by atoms with van der Waals surface area (Å²) < 4.78 is 10.7. The molecule has 19 heavy (non-hydrogen) atoms. The van der Waals surface area contributed by atoms with Crippen LogP contribution in [0, 0.1) is 5.92 Å². The molecule has 0 aliphatic carbocycles. The van der Waals surface area contributed by atoms with Crippen LogP contribution < -0.4 is 5.32 Å². The number of rotatable bonds is 3. The van der Waals surface area contributed by atoms with Crippen LogP contribution in [0.15, 0.2) is 0 Å². The van der Waals surface area contributed by atoms with E-state index >= 15 is 0 Å². The van der Waals surface area contributed by atoms with E-state index in [1.54, 1.807) is 0 Å². The van der Waals surface area contributed by atoms with Gasteiger partial charge in [-0.25, -0.2) is 4.79 Å². The Morgan fingerprint density at radius 2 is 2.16 bits per heavy atom. The van der Waals surface area contributed by atoms with Crippen LogP contribution >= 0.6 is 0 Å². The fraction of sp³-hybridized carbons (Fsp3) is 0.929. The number of nitrogens with zero attached hydrogens (tertiary/aromatic N) is 1. The van der Waals surface area contributed by atoms with Crippen LogP contribution in [0.25, 0.3) is 0 Å². The van der Waals surface area contributed by atoms with Gasteiger partial charge in [0.2, 0.25) is 0 Å². The zero-order chi connectivity index (χ0) is 13.9. The van der Waals surface area contributed by atoms with Crippen molar-refractivity contribution < 1.29 is 14.3 Å². The Hall–Kier alpha value is -0.810. The fourth-order valence-electron chi connectivity index (χ4n) is 2.45. The molecule has 2 aliphatic rings. The maximum absolute atomic E-state index is 12.3. The highest BCUT2D eigenvalue weighted by atomic mass is 16.6. The molecule has 1 atom stereocenters. The number of nitrogens with one attached hydrogen (secondary N) is 1. The first-order valence-corrected chi connectivity index (χ1v) is 7.24. The Kier molecular flexibility index (Phi) is 4.68. The van der Waals surface area contributed by atoms with E-state index in [9.17, 15) is 4.79 Å². The molecule has 0 bridgehead atoms. The van der Waals surface area contributed by atoms with Gasteiger partial charge in [0.15, 0.2) is 0 Å². The number of carbonyl (C=O) groups excluding carboxylic acids is 1. The summed E-state index contributed by atoms with van der Waals surface area (Å²) in [5.74, 6) is 0.530. The third kappa shape index (κ3) is 4.35. The van der Waals surface area contributed by atoms with Gasteiger partial charge in [0.25, 0.3) is 0 Å². The quantitative estimate of drug-likeness (QED) is 0.846. The van der Waals surface area contributed by atoms with Gasteiger partial charge in [-0.2, -0.15) is 0 Å². The summed E-state index contributed by atoms with van der Waals surface area (Å²) in [6.07, 6.45) is 2.17. The number of piperidine rings is 1. The molecule has 2 fully saturated rings. The first-order chi connectivity index (χ1) is 8.96. The molecule has 0 spiro atoms. The topological polar surface area (TPSA) is 50.8 Å². The molecule has 5 heteroatoms. The molecule has 2 heterocycles. The van der Waals surface area contributed by atoms with Crippen LogP contribution in [0.3, 0.4) is 0 Å². The second-order valence-electron chi connectivity index (χ2n) is 6.54. The molecule has 1 unspecified atom stereocenters. The van der Waals surface area contributed by atoms with Gasteiger partial charge < -0.3 is 19.7 Å². The lowest BCUT2D eigenvalue weighted by atomic mass is 9.98. The summed E-state index contributed by atoms with van der Waals surface area (Å²) in [4.78, 5) is 14.2. The van der Waals surface area contributed by atoms with Crippen molar-refractivity contribution in [1.82, 2.24) is 10.2 Å². The van der Waals surface area contributed by atoms with E-state index in [0.717, 1.165) is 19.6 Å². The van der Waals surface area contributed by atoms with Crippen molar-refractivity contribution in [1.29, 1.82) is 0 Å². The molecule has 0 aromatic carbocycles. The van der Waals surface area contributed by atoms with E-state index in [-0.39, 0.29) is 12.1 Å². The van der Waals surface area contributed by atoms with Crippen molar-refractivity contribution in [2.45, 2.75) is 45.3 Å². The number of amides is 1. The van der Waals surface area contributed by atoms with Gasteiger partial charge in [0, 0.05) is 6.54 Å². The third-order valence-electron chi connectivity index (χ3n) is 3.54. The zero-order valence-electron chi connectivity index (χ0n) is 12.3. The van der Waals surface area contributed by atoms with Gasteiger partial charge in [-0.3, -0.25) is 0 Å². The molecule has 0 saturated carbocycles. The summed E-state index contributed by atoms with van der Waals surface area (Å²) in [7, 11) is 0. The number of ether oxygens (including phenoxy) is 2. The Labute approximate surface area is 115 Å². The van der Waals surface area contributed by atoms with Crippen LogP contribution in [-0.4, -0.2) is 55.5 Å². The average Bonchev–Trinajstić information content (AvgIpc) is 2.25. The highest BCUT2D eigenvalue weighted by molar-refractivity contribution is 5.68. The van der Waals surface area contributed by atoms with Gasteiger partial charge in [0.05, 0.1) is 19.3 Å². The predicted molar refractivity (Wildman–Crippen MR) is 73.1 cm³/mol. The van der Waals surface area contributed by atoms with Crippen molar-refractivity contribution in [2.24, 2.45) is 5.92 Å². The van der Waals surface area contributed by atoms with Gasteiger partial charge in [0.1, 0.15) is 5.60 Å². The molecule has 0 radical (unpaired) electrons. The Morgan fingerprint density at radius 3 is 2.63 bits per heavy atom. The van der Waals surface area contributed by atoms with Crippen molar-refractivity contribution in [2.75, 3.05) is 32.8 Å². The lowest BCUT2D eigenvalue weighted by molar-refractivity contribution is -0.0746. The standard InChI is InChI=1S/C14H26N2O3/c1-14(2,3)19-13(17)16(12-9-18-10-12)8-11-5-4-6-15-7-11/h11-12,15H,4-10H2,1-3H3. The van der Waals surface area contributed by atoms with E-state index in [2.05, 4.69) is 5.32 Å². The zero-order valence-corrected chi connectivity index (χ0v) is 12.3. The van der Waals surface area contributed by atoms with Crippen molar-refractivity contribution >= 4 is 6.09 Å². The van der Waals surface area contributed by atoms with E-state index in [0.29, 0.717) is 19.1 Å². The van der Waals surface area contributed by atoms with E-state index in [1.165, 1.54) is 12.8 Å². The van der Waals surface area contributed by atoms with E-state index in [1.807, 2.05) is 25.7 Å². The molecular weight excluding hydrogens is 244 g/mol. The fourth-order valence-corrected chi connectivity index (χ4v) is 2.45. The molecular formula is C14H26N2O3. The lowest BCUT2D eigenvalue weighted by Crippen LogP contribution is -2.55. The summed E-state index contributed by atoms with van der Waals surface area (Å²) >= 11 is 0. The minimum absolute atomic E-state index is 0.191. The summed E-state index contributed by atoms with van der Waals surface area (Å²) in [5.41, 5.74) is -0.440. The maximum atomic E-state index is 12.3. The maximum Gasteiger partial charge on any atom is 0.410 e. The van der Waals surface area contributed by atoms with Crippen LogP contribution in [0.4, 0.5) is 4.79 Å². The molecule has 0 aromatic heterocycles. The van der Waals surface area contributed by atoms with Crippen LogP contribution in [0.1, 0.15) is 33.6 Å². The minimum Gasteiger partial charge on any atom is -0.444 e. The van der Waals surface area contributed by atoms with Crippen molar-refractivity contribution in [3.05, 3.63) is 0 Å². The minimum atomic E-state index is -0.440. The Balaban J connectivity index is 1.92. The van der Waals surface area contributed by atoms with Crippen molar-refractivity contribution in [3.63, 3.8) is 0 Å². The molecule has 5 nitrogen and oxygen atoms in total. The molecule has 2 saturated heterocycles. The highest BCUT2D eigenvalue weighted by Crippen LogP contribution is 2.20. The van der Waals surface area contributed by atoms with Crippen LogP contribution in [-0.2, 0) is 9.47 Å². The third-order valence-corrected chi connectivity index (χ3v) is 3.54. The van der Waals surface area contributed by atoms with Gasteiger partial charge in [-0.05, 0) is 52.6 Å². The average molecular weight is 270 g/mol. The summed E-state index contributed by atoms with van der Waals surface area (Å²) in [5, 5.41) is 3.39. The van der Waals surface area contributed by atoms with E-state index in [4.69, 9.17) is 9.47 Å². The Bertz CT molecular complexity index is 304. The SMILES string of the molecule is CC(C)(C)OC(=O)N(CC1CCCNC1)C1COC1. The summed E-state index contributed by atoms with van der Waals surface area (Å²) in [6, 6.07) is 0.191. The summed E-state index contributed by atoms with van der Waals surface area (Å²) in [6.45, 7) is 9.85. The molecule has 0 aromatic rings. The smallest absolute Gasteiger partial charge is 0.410 e. The van der Waals surface area contributed by atoms with Crippen molar-refractivity contribution in [3.8, 4) is 0 Å². The Morgan fingerprint density at radius 1 is 1.42 bits per heavy atom. The molecule has 2 rings (SSSR count). The number of carbonyl (C=O) groups is 1.